The molecule has 0 spiro atoms. The average molecular weight is 428 g/mol. The molecule has 0 saturated heterocycles. The Balaban J connectivity index is 1.58. The van der Waals surface area contributed by atoms with Crippen molar-refractivity contribution in [2.24, 2.45) is 0 Å². The van der Waals surface area contributed by atoms with E-state index in [1.807, 2.05) is 72.8 Å². The lowest BCUT2D eigenvalue weighted by Gasteiger charge is -2.13. The maximum atomic E-state index is 13.1. The summed E-state index contributed by atoms with van der Waals surface area (Å²) >= 11 is 6.26. The molecule has 0 aliphatic heterocycles. The highest BCUT2D eigenvalue weighted by molar-refractivity contribution is 6.32. The summed E-state index contributed by atoms with van der Waals surface area (Å²) in [7, 11) is 1.58. The first-order chi connectivity index (χ1) is 15.2. The zero-order valence-electron chi connectivity index (χ0n) is 16.7. The lowest BCUT2D eigenvalue weighted by molar-refractivity contribution is 0.104. The van der Waals surface area contributed by atoms with Crippen molar-refractivity contribution in [3.8, 4) is 28.4 Å². The van der Waals surface area contributed by atoms with Crippen LogP contribution in [0.5, 0.6) is 5.75 Å². The number of methoxy groups -OCH3 is 1. The second-order valence-electron chi connectivity index (χ2n) is 7.18. The SMILES string of the molecule is COc1ccc(CNc2nc(-c3ccccc3)nc3c2C(=O)c2ccccc2-3)cc1Cl. The van der Waals surface area contributed by atoms with E-state index in [0.717, 1.165) is 16.7 Å². The summed E-state index contributed by atoms with van der Waals surface area (Å²) < 4.78 is 5.22. The third-order valence-corrected chi connectivity index (χ3v) is 5.57. The van der Waals surface area contributed by atoms with Gasteiger partial charge >= 0.3 is 0 Å². The van der Waals surface area contributed by atoms with E-state index in [1.54, 1.807) is 7.11 Å². The predicted molar refractivity (Wildman–Crippen MR) is 122 cm³/mol. The Bertz CT molecular complexity index is 1310. The van der Waals surface area contributed by atoms with Crippen molar-refractivity contribution >= 4 is 23.2 Å². The number of benzene rings is 3. The number of ether oxygens (including phenoxy) is 1. The summed E-state index contributed by atoms with van der Waals surface area (Å²) in [5.41, 5.74) is 4.47. The zero-order valence-corrected chi connectivity index (χ0v) is 17.5. The van der Waals surface area contributed by atoms with Crippen LogP contribution in [0.4, 0.5) is 5.82 Å². The van der Waals surface area contributed by atoms with Gasteiger partial charge in [0.1, 0.15) is 11.6 Å². The number of hydrogen-bond acceptors (Lipinski definition) is 5. The van der Waals surface area contributed by atoms with Crippen LogP contribution in [0, 0.1) is 0 Å². The molecule has 1 aliphatic rings. The van der Waals surface area contributed by atoms with E-state index in [2.05, 4.69) is 5.32 Å². The molecule has 0 saturated carbocycles. The normalized spacial score (nSPS) is 11.7. The number of fused-ring (bicyclic) bond motifs is 3. The third-order valence-electron chi connectivity index (χ3n) is 5.27. The predicted octanol–water partition coefficient (Wildman–Crippen LogP) is 5.63. The lowest BCUT2D eigenvalue weighted by Crippen LogP contribution is -2.09. The van der Waals surface area contributed by atoms with Crippen molar-refractivity contribution in [2.45, 2.75) is 6.54 Å². The van der Waals surface area contributed by atoms with Crippen molar-refractivity contribution in [3.63, 3.8) is 0 Å². The molecule has 0 atom stereocenters. The van der Waals surface area contributed by atoms with Gasteiger partial charge in [0.2, 0.25) is 0 Å². The maximum Gasteiger partial charge on any atom is 0.199 e. The van der Waals surface area contributed by atoms with E-state index in [1.165, 1.54) is 0 Å². The van der Waals surface area contributed by atoms with Crippen LogP contribution >= 0.6 is 11.6 Å². The minimum Gasteiger partial charge on any atom is -0.495 e. The summed E-state index contributed by atoms with van der Waals surface area (Å²) in [4.78, 5) is 22.6. The van der Waals surface area contributed by atoms with E-state index < -0.39 is 0 Å². The van der Waals surface area contributed by atoms with Crippen LogP contribution in [0.3, 0.4) is 0 Å². The van der Waals surface area contributed by atoms with Gasteiger partial charge in [0.05, 0.1) is 23.4 Å². The Morgan fingerprint density at radius 3 is 2.42 bits per heavy atom. The maximum absolute atomic E-state index is 13.1. The number of nitrogens with one attached hydrogen (secondary N) is 1. The number of halogens is 1. The summed E-state index contributed by atoms with van der Waals surface area (Å²) in [6.45, 7) is 0.449. The number of nitrogens with zero attached hydrogens (tertiary/aromatic N) is 2. The fourth-order valence-electron chi connectivity index (χ4n) is 3.74. The molecule has 1 heterocycles. The fourth-order valence-corrected chi connectivity index (χ4v) is 4.02. The van der Waals surface area contributed by atoms with E-state index in [0.29, 0.717) is 45.8 Å². The first-order valence-electron chi connectivity index (χ1n) is 9.83. The van der Waals surface area contributed by atoms with E-state index in [4.69, 9.17) is 26.3 Å². The largest absolute Gasteiger partial charge is 0.495 e. The van der Waals surface area contributed by atoms with Crippen LogP contribution in [0.25, 0.3) is 22.6 Å². The summed E-state index contributed by atoms with van der Waals surface area (Å²) in [5, 5.41) is 3.86. The van der Waals surface area contributed by atoms with Gasteiger partial charge in [-0.05, 0) is 17.7 Å². The summed E-state index contributed by atoms with van der Waals surface area (Å²) in [5.74, 6) is 1.63. The second-order valence-corrected chi connectivity index (χ2v) is 7.59. The molecule has 3 aromatic carbocycles. The quantitative estimate of drug-likeness (QED) is 0.394. The van der Waals surface area contributed by atoms with Crippen molar-refractivity contribution < 1.29 is 9.53 Å². The number of aromatic nitrogens is 2. The van der Waals surface area contributed by atoms with Crippen LogP contribution in [0.1, 0.15) is 21.5 Å². The number of rotatable bonds is 5. The fraction of sp³-hybridized carbons (Fsp3) is 0.0800. The van der Waals surface area contributed by atoms with E-state index >= 15 is 0 Å². The minimum absolute atomic E-state index is 0.0690. The first-order valence-corrected chi connectivity index (χ1v) is 10.2. The van der Waals surface area contributed by atoms with Crippen LogP contribution < -0.4 is 10.1 Å². The number of carbonyl (C=O) groups is 1. The number of anilines is 1. The molecule has 1 N–H and O–H groups in total. The monoisotopic (exact) mass is 427 g/mol. The first kappa shape index (κ1) is 19.3. The van der Waals surface area contributed by atoms with Gasteiger partial charge in [-0.25, -0.2) is 9.97 Å². The van der Waals surface area contributed by atoms with Gasteiger partial charge < -0.3 is 10.1 Å². The minimum atomic E-state index is -0.0690. The molecule has 5 rings (SSSR count). The molecule has 31 heavy (non-hydrogen) atoms. The third kappa shape index (κ3) is 3.43. The van der Waals surface area contributed by atoms with Crippen LogP contribution in [-0.4, -0.2) is 22.9 Å². The van der Waals surface area contributed by atoms with Crippen LogP contribution in [0.2, 0.25) is 5.02 Å². The standard InChI is InChI=1S/C25H18ClN3O2/c1-31-20-12-11-15(13-19(20)26)14-27-25-21-22(17-9-5-6-10-18(17)23(21)30)28-24(29-25)16-7-3-2-4-8-16/h2-13H,14H2,1H3,(H,27,28,29). The Morgan fingerprint density at radius 2 is 1.68 bits per heavy atom. The molecule has 152 valence electrons. The molecule has 4 aromatic rings. The zero-order chi connectivity index (χ0) is 21.4. The average Bonchev–Trinajstić information content (AvgIpc) is 3.10. The van der Waals surface area contributed by atoms with E-state index in [9.17, 15) is 4.79 Å². The lowest BCUT2D eigenvalue weighted by atomic mass is 10.1. The smallest absolute Gasteiger partial charge is 0.199 e. The molecule has 0 radical (unpaired) electrons. The molecule has 1 aliphatic carbocycles. The molecular formula is C25H18ClN3O2. The van der Waals surface area contributed by atoms with Gasteiger partial charge in [0, 0.05) is 23.2 Å². The second kappa shape index (κ2) is 7.85. The summed E-state index contributed by atoms with van der Waals surface area (Å²) in [6, 6.07) is 22.9. The van der Waals surface area contributed by atoms with Crippen molar-refractivity contribution in [1.29, 1.82) is 0 Å². The van der Waals surface area contributed by atoms with Gasteiger partial charge in [-0.2, -0.15) is 0 Å². The number of carbonyl (C=O) groups excluding carboxylic acids is 1. The highest BCUT2D eigenvalue weighted by Crippen LogP contribution is 2.39. The Morgan fingerprint density at radius 1 is 0.935 bits per heavy atom. The molecule has 6 heteroatoms. The molecule has 5 nitrogen and oxygen atoms in total. The van der Waals surface area contributed by atoms with Gasteiger partial charge in [-0.1, -0.05) is 72.3 Å². The van der Waals surface area contributed by atoms with Crippen molar-refractivity contribution in [1.82, 2.24) is 9.97 Å². The van der Waals surface area contributed by atoms with E-state index in [-0.39, 0.29) is 5.78 Å². The molecular weight excluding hydrogens is 410 g/mol. The van der Waals surface area contributed by atoms with Gasteiger partial charge in [-0.3, -0.25) is 4.79 Å². The Labute approximate surface area is 184 Å². The topological polar surface area (TPSA) is 64.1 Å². The molecule has 0 amide bonds. The molecule has 1 aromatic heterocycles. The molecule has 0 unspecified atom stereocenters. The Kier molecular flexibility index (Phi) is 4.88. The Hall–Kier alpha value is -3.70. The van der Waals surface area contributed by atoms with Gasteiger partial charge in [0.25, 0.3) is 0 Å². The van der Waals surface area contributed by atoms with Gasteiger partial charge in [-0.15, -0.1) is 0 Å². The molecule has 0 bridgehead atoms. The number of ketones is 1. The van der Waals surface area contributed by atoms with Crippen LogP contribution in [0.15, 0.2) is 72.8 Å². The summed E-state index contributed by atoms with van der Waals surface area (Å²) in [6.07, 6.45) is 0. The number of hydrogen-bond donors (Lipinski definition) is 1. The highest BCUT2D eigenvalue weighted by Gasteiger charge is 2.32. The van der Waals surface area contributed by atoms with Crippen molar-refractivity contribution in [2.75, 3.05) is 12.4 Å². The highest BCUT2D eigenvalue weighted by atomic mass is 35.5. The van der Waals surface area contributed by atoms with Crippen LogP contribution in [-0.2, 0) is 6.54 Å². The van der Waals surface area contributed by atoms with Crippen molar-refractivity contribution in [3.05, 3.63) is 94.5 Å². The van der Waals surface area contributed by atoms with Gasteiger partial charge in [0.15, 0.2) is 11.6 Å². The molecule has 0 fully saturated rings.